The summed E-state index contributed by atoms with van der Waals surface area (Å²) >= 11 is 7.15. The lowest BCUT2D eigenvalue weighted by Gasteiger charge is -2.04. The third-order valence-electron chi connectivity index (χ3n) is 2.99. The van der Waals surface area contributed by atoms with Gasteiger partial charge in [0.05, 0.1) is 12.8 Å². The van der Waals surface area contributed by atoms with Gasteiger partial charge in [0.25, 0.3) is 0 Å². The Kier molecular flexibility index (Phi) is 5.51. The molecule has 7 heteroatoms. The molecule has 0 aliphatic rings. The van der Waals surface area contributed by atoms with Crippen LogP contribution < -0.4 is 5.32 Å². The average Bonchev–Trinajstić information content (AvgIpc) is 2.86. The molecule has 0 saturated heterocycles. The average molecular weight is 339 g/mol. The molecular formula is C15H15ClN2O3S. The molecule has 0 saturated carbocycles. The number of hydrogen-bond acceptors (Lipinski definition) is 5. The number of anilines is 1. The summed E-state index contributed by atoms with van der Waals surface area (Å²) in [4.78, 5) is 28.0. The Balaban J connectivity index is 1.95. The van der Waals surface area contributed by atoms with E-state index in [4.69, 9.17) is 11.6 Å². The standard InChI is InChI=1S/C15H15ClN2O3S/c1-9-13(14(20)21-2)22-15(17-9)18-12(19)8-7-10-5-3-4-6-11(10)16/h3-6H,7-8H2,1-2H3,(H,17,18,19). The topological polar surface area (TPSA) is 68.3 Å². The quantitative estimate of drug-likeness (QED) is 0.848. The summed E-state index contributed by atoms with van der Waals surface area (Å²) in [5, 5.41) is 3.73. The fourth-order valence-electron chi connectivity index (χ4n) is 1.86. The normalized spacial score (nSPS) is 10.3. The van der Waals surface area contributed by atoms with Gasteiger partial charge in [-0.1, -0.05) is 41.1 Å². The van der Waals surface area contributed by atoms with Crippen LogP contribution in [0.15, 0.2) is 24.3 Å². The molecule has 0 aliphatic carbocycles. The molecule has 0 spiro atoms. The van der Waals surface area contributed by atoms with Crippen molar-refractivity contribution in [2.75, 3.05) is 12.4 Å². The van der Waals surface area contributed by atoms with Crippen LogP contribution >= 0.6 is 22.9 Å². The minimum atomic E-state index is -0.452. The first-order valence-electron chi connectivity index (χ1n) is 6.60. The SMILES string of the molecule is COC(=O)c1sc(NC(=O)CCc2ccccc2Cl)nc1C. The zero-order valence-electron chi connectivity index (χ0n) is 12.2. The number of esters is 1. The molecule has 1 heterocycles. The predicted molar refractivity (Wildman–Crippen MR) is 86.6 cm³/mol. The molecule has 0 radical (unpaired) electrons. The lowest BCUT2D eigenvalue weighted by Crippen LogP contribution is -2.12. The summed E-state index contributed by atoms with van der Waals surface area (Å²) in [6, 6.07) is 7.41. The molecule has 0 fully saturated rings. The number of rotatable bonds is 5. The van der Waals surface area contributed by atoms with Crippen LogP contribution in [0, 0.1) is 6.92 Å². The molecule has 116 valence electrons. The van der Waals surface area contributed by atoms with Gasteiger partial charge < -0.3 is 10.1 Å². The Labute approximate surface area is 137 Å². The molecule has 0 aliphatic heterocycles. The number of hydrogen-bond donors (Lipinski definition) is 1. The molecular weight excluding hydrogens is 324 g/mol. The fraction of sp³-hybridized carbons (Fsp3) is 0.267. The lowest BCUT2D eigenvalue weighted by molar-refractivity contribution is -0.116. The number of nitrogens with zero attached hydrogens (tertiary/aromatic N) is 1. The second kappa shape index (κ2) is 7.38. The van der Waals surface area contributed by atoms with E-state index in [-0.39, 0.29) is 12.3 Å². The maximum Gasteiger partial charge on any atom is 0.350 e. The predicted octanol–water partition coefficient (Wildman–Crippen LogP) is 3.46. The van der Waals surface area contributed by atoms with Crippen LogP contribution in [0.5, 0.6) is 0 Å². The van der Waals surface area contributed by atoms with Gasteiger partial charge in [0.1, 0.15) is 4.88 Å². The number of carbonyl (C=O) groups excluding carboxylic acids is 2. The van der Waals surface area contributed by atoms with E-state index in [0.29, 0.717) is 27.1 Å². The van der Waals surface area contributed by atoms with Crippen LogP contribution in [0.3, 0.4) is 0 Å². The van der Waals surface area contributed by atoms with Crippen LogP contribution in [0.25, 0.3) is 0 Å². The Morgan fingerprint density at radius 3 is 2.77 bits per heavy atom. The van der Waals surface area contributed by atoms with Gasteiger partial charge in [-0.15, -0.1) is 0 Å². The van der Waals surface area contributed by atoms with Crippen molar-refractivity contribution in [1.29, 1.82) is 0 Å². The second-order valence-corrected chi connectivity index (χ2v) is 5.97. The molecule has 22 heavy (non-hydrogen) atoms. The number of aryl methyl sites for hydroxylation is 2. The van der Waals surface area contributed by atoms with Crippen LogP contribution in [-0.4, -0.2) is 24.0 Å². The van der Waals surface area contributed by atoms with E-state index in [1.54, 1.807) is 13.0 Å². The molecule has 0 bridgehead atoms. The number of benzene rings is 1. The van der Waals surface area contributed by atoms with E-state index in [1.165, 1.54) is 7.11 Å². The van der Waals surface area contributed by atoms with Crippen LogP contribution in [-0.2, 0) is 16.0 Å². The summed E-state index contributed by atoms with van der Waals surface area (Å²) in [7, 11) is 1.31. The van der Waals surface area contributed by atoms with Crippen molar-refractivity contribution in [1.82, 2.24) is 4.98 Å². The first-order chi connectivity index (χ1) is 10.5. The monoisotopic (exact) mass is 338 g/mol. The summed E-state index contributed by atoms with van der Waals surface area (Å²) in [6.07, 6.45) is 0.829. The highest BCUT2D eigenvalue weighted by atomic mass is 35.5. The van der Waals surface area contributed by atoms with Gasteiger partial charge in [-0.2, -0.15) is 0 Å². The van der Waals surface area contributed by atoms with Crippen molar-refractivity contribution in [2.24, 2.45) is 0 Å². The highest BCUT2D eigenvalue weighted by Crippen LogP contribution is 2.23. The third-order valence-corrected chi connectivity index (χ3v) is 4.41. The number of halogens is 1. The molecule has 0 unspecified atom stereocenters. The number of carbonyl (C=O) groups is 2. The zero-order valence-corrected chi connectivity index (χ0v) is 13.8. The first kappa shape index (κ1) is 16.5. The number of thiazole rings is 1. The summed E-state index contributed by atoms with van der Waals surface area (Å²) in [5.41, 5.74) is 1.46. The second-order valence-electron chi connectivity index (χ2n) is 4.56. The summed E-state index contributed by atoms with van der Waals surface area (Å²) in [6.45, 7) is 1.70. The van der Waals surface area contributed by atoms with E-state index in [1.807, 2.05) is 18.2 Å². The summed E-state index contributed by atoms with van der Waals surface area (Å²) < 4.78 is 4.66. The minimum absolute atomic E-state index is 0.176. The fourth-order valence-corrected chi connectivity index (χ4v) is 2.99. The van der Waals surface area contributed by atoms with E-state index in [9.17, 15) is 9.59 Å². The van der Waals surface area contributed by atoms with Gasteiger partial charge in [-0.05, 0) is 25.0 Å². The number of aromatic nitrogens is 1. The van der Waals surface area contributed by atoms with Gasteiger partial charge in [0, 0.05) is 11.4 Å². The highest BCUT2D eigenvalue weighted by molar-refractivity contribution is 7.17. The van der Waals surface area contributed by atoms with E-state index in [0.717, 1.165) is 16.9 Å². The Morgan fingerprint density at radius 2 is 2.09 bits per heavy atom. The Bertz CT molecular complexity index is 700. The van der Waals surface area contributed by atoms with Crippen LogP contribution in [0.2, 0.25) is 5.02 Å². The highest BCUT2D eigenvalue weighted by Gasteiger charge is 2.16. The summed E-state index contributed by atoms with van der Waals surface area (Å²) in [5.74, 6) is -0.628. The van der Waals surface area contributed by atoms with Crippen molar-refractivity contribution < 1.29 is 14.3 Å². The van der Waals surface area contributed by atoms with Crippen molar-refractivity contribution in [3.8, 4) is 0 Å². The number of ether oxygens (including phenoxy) is 1. The van der Waals surface area contributed by atoms with E-state index < -0.39 is 5.97 Å². The molecule has 1 aromatic carbocycles. The van der Waals surface area contributed by atoms with E-state index >= 15 is 0 Å². The Hall–Kier alpha value is -1.92. The van der Waals surface area contributed by atoms with Crippen LogP contribution in [0.1, 0.15) is 27.3 Å². The third kappa shape index (κ3) is 4.05. The van der Waals surface area contributed by atoms with Gasteiger partial charge in [0.2, 0.25) is 5.91 Å². The molecule has 1 amide bonds. The van der Waals surface area contributed by atoms with Crippen molar-refractivity contribution in [3.05, 3.63) is 45.4 Å². The smallest absolute Gasteiger partial charge is 0.350 e. The minimum Gasteiger partial charge on any atom is -0.465 e. The zero-order chi connectivity index (χ0) is 16.1. The van der Waals surface area contributed by atoms with Crippen molar-refractivity contribution in [2.45, 2.75) is 19.8 Å². The number of methoxy groups -OCH3 is 1. The van der Waals surface area contributed by atoms with Gasteiger partial charge in [-0.25, -0.2) is 9.78 Å². The molecule has 1 N–H and O–H groups in total. The largest absolute Gasteiger partial charge is 0.465 e. The van der Waals surface area contributed by atoms with E-state index in [2.05, 4.69) is 15.0 Å². The maximum atomic E-state index is 12.0. The molecule has 2 rings (SSSR count). The Morgan fingerprint density at radius 1 is 1.36 bits per heavy atom. The van der Waals surface area contributed by atoms with Crippen molar-refractivity contribution >= 4 is 39.9 Å². The first-order valence-corrected chi connectivity index (χ1v) is 7.79. The molecule has 2 aromatic rings. The number of amides is 1. The van der Waals surface area contributed by atoms with Crippen LogP contribution in [0.4, 0.5) is 5.13 Å². The van der Waals surface area contributed by atoms with Gasteiger partial charge in [-0.3, -0.25) is 4.79 Å². The molecule has 1 aromatic heterocycles. The lowest BCUT2D eigenvalue weighted by atomic mass is 10.1. The number of nitrogens with one attached hydrogen (secondary N) is 1. The maximum absolute atomic E-state index is 12.0. The molecule has 5 nitrogen and oxygen atoms in total. The van der Waals surface area contributed by atoms with Crippen molar-refractivity contribution in [3.63, 3.8) is 0 Å². The van der Waals surface area contributed by atoms with Gasteiger partial charge >= 0.3 is 5.97 Å². The molecule has 0 atom stereocenters. The van der Waals surface area contributed by atoms with Gasteiger partial charge in [0.15, 0.2) is 5.13 Å².